The normalized spacial score (nSPS) is 18.8. The van der Waals surface area contributed by atoms with Gasteiger partial charge >= 0.3 is 0 Å². The van der Waals surface area contributed by atoms with Crippen LogP contribution in [0.1, 0.15) is 12.0 Å². The number of aryl methyl sites for hydroxylation is 1. The van der Waals surface area contributed by atoms with Gasteiger partial charge in [0.1, 0.15) is 11.7 Å². The average molecular weight is 306 g/mol. The molecule has 114 valence electrons. The summed E-state index contributed by atoms with van der Waals surface area (Å²) < 4.78 is 39.7. The second-order valence-electron chi connectivity index (χ2n) is 5.37. The molecule has 3 rings (SSSR count). The fourth-order valence-electron chi connectivity index (χ4n) is 2.28. The van der Waals surface area contributed by atoms with E-state index >= 15 is 0 Å². The summed E-state index contributed by atoms with van der Waals surface area (Å²) in [7, 11) is 0. The van der Waals surface area contributed by atoms with Crippen LogP contribution in [0.3, 0.4) is 0 Å². The summed E-state index contributed by atoms with van der Waals surface area (Å²) in [5.74, 6) is -5.87. The Bertz CT molecular complexity index is 732. The highest BCUT2D eigenvalue weighted by Crippen LogP contribution is 2.49. The zero-order valence-corrected chi connectivity index (χ0v) is 11.7. The molecule has 0 spiro atoms. The Kier molecular flexibility index (Phi) is 3.39. The smallest absolute Gasteiger partial charge is 0.260 e. The van der Waals surface area contributed by atoms with E-state index in [9.17, 15) is 18.0 Å². The number of halogens is 3. The highest BCUT2D eigenvalue weighted by Gasteiger charge is 2.61. The van der Waals surface area contributed by atoms with E-state index in [1.807, 2.05) is 0 Å². The van der Waals surface area contributed by atoms with E-state index < -0.39 is 30.0 Å². The number of carbonyl (C=O) groups is 1. The highest BCUT2D eigenvalue weighted by molar-refractivity contribution is 5.96. The molecule has 2 aromatic rings. The van der Waals surface area contributed by atoms with Crippen molar-refractivity contribution in [2.45, 2.75) is 19.3 Å². The Morgan fingerprint density at radius 2 is 2.09 bits per heavy atom. The van der Waals surface area contributed by atoms with Gasteiger partial charge < -0.3 is 5.32 Å². The van der Waals surface area contributed by atoms with Gasteiger partial charge in [0, 0.05) is 18.2 Å². The number of carbonyl (C=O) groups excluding carboxylic acids is 1. The van der Waals surface area contributed by atoms with Gasteiger partial charge in [-0.05, 0) is 36.8 Å². The fraction of sp³-hybridized carbons (Fsp3) is 0.250. The van der Waals surface area contributed by atoms with Crippen LogP contribution in [0, 0.1) is 18.7 Å². The first-order valence-corrected chi connectivity index (χ1v) is 6.79. The molecule has 1 aromatic heterocycles. The summed E-state index contributed by atoms with van der Waals surface area (Å²) in [6.45, 7) is 1.72. The number of anilines is 1. The second-order valence-corrected chi connectivity index (χ2v) is 5.37. The summed E-state index contributed by atoms with van der Waals surface area (Å²) >= 11 is 0. The largest absolute Gasteiger partial charge is 0.323 e. The molecule has 0 bridgehead atoms. The summed E-state index contributed by atoms with van der Waals surface area (Å²) in [6.07, 6.45) is 1.11. The van der Waals surface area contributed by atoms with Crippen molar-refractivity contribution in [3.8, 4) is 11.3 Å². The molecule has 1 amide bonds. The lowest BCUT2D eigenvalue weighted by molar-refractivity contribution is -0.119. The van der Waals surface area contributed by atoms with Crippen LogP contribution in [0.5, 0.6) is 0 Å². The van der Waals surface area contributed by atoms with Crippen molar-refractivity contribution in [1.29, 1.82) is 0 Å². The van der Waals surface area contributed by atoms with Crippen molar-refractivity contribution in [2.24, 2.45) is 5.92 Å². The van der Waals surface area contributed by atoms with Gasteiger partial charge in [-0.25, -0.2) is 13.2 Å². The van der Waals surface area contributed by atoms with Gasteiger partial charge in [0.15, 0.2) is 0 Å². The number of benzene rings is 1. The van der Waals surface area contributed by atoms with E-state index in [0.717, 1.165) is 0 Å². The molecule has 1 heterocycles. The van der Waals surface area contributed by atoms with Gasteiger partial charge in [-0.1, -0.05) is 6.07 Å². The Morgan fingerprint density at radius 1 is 1.36 bits per heavy atom. The number of rotatable bonds is 3. The zero-order chi connectivity index (χ0) is 15.9. The molecule has 1 unspecified atom stereocenters. The minimum atomic E-state index is -2.98. The number of hydrogen-bond acceptors (Lipinski definition) is 2. The molecule has 1 aliphatic rings. The number of nitrogens with one attached hydrogen (secondary N) is 1. The maximum atomic E-state index is 14.0. The molecule has 3 nitrogen and oxygen atoms in total. The number of nitrogens with zero attached hydrogens (tertiary/aromatic N) is 1. The van der Waals surface area contributed by atoms with E-state index in [1.165, 1.54) is 12.1 Å². The van der Waals surface area contributed by atoms with E-state index in [0.29, 0.717) is 16.8 Å². The second kappa shape index (κ2) is 5.12. The third-order valence-electron chi connectivity index (χ3n) is 3.66. The third-order valence-corrected chi connectivity index (χ3v) is 3.66. The number of pyridine rings is 1. The lowest BCUT2D eigenvalue weighted by atomic mass is 10.0. The highest BCUT2D eigenvalue weighted by atomic mass is 19.3. The van der Waals surface area contributed by atoms with Gasteiger partial charge in [-0.3, -0.25) is 9.78 Å². The van der Waals surface area contributed by atoms with Gasteiger partial charge in [0.05, 0.1) is 11.4 Å². The minimum Gasteiger partial charge on any atom is -0.323 e. The van der Waals surface area contributed by atoms with E-state index in [1.54, 1.807) is 31.3 Å². The topological polar surface area (TPSA) is 42.0 Å². The van der Waals surface area contributed by atoms with E-state index in [4.69, 9.17) is 0 Å². The summed E-state index contributed by atoms with van der Waals surface area (Å²) in [4.78, 5) is 15.9. The number of aromatic nitrogens is 1. The molecule has 1 atom stereocenters. The van der Waals surface area contributed by atoms with Crippen molar-refractivity contribution >= 4 is 11.6 Å². The van der Waals surface area contributed by atoms with Crippen LogP contribution >= 0.6 is 0 Å². The molecule has 0 radical (unpaired) electrons. The molecule has 0 saturated heterocycles. The summed E-state index contributed by atoms with van der Waals surface area (Å²) in [5, 5.41) is 2.24. The van der Waals surface area contributed by atoms with Crippen LogP contribution in [0.4, 0.5) is 18.9 Å². The standard InChI is InChI=1S/C16H13F3N2O/c1-9-6-12(17)14(21-15(22)11-8-16(11,18)19)7-10(9)13-4-2-3-5-20-13/h2-7,11H,8H2,1H3,(H,21,22). The molecular formula is C16H13F3N2O. The Labute approximate surface area is 125 Å². The molecule has 0 aliphatic heterocycles. The van der Waals surface area contributed by atoms with Crippen LogP contribution in [-0.2, 0) is 4.79 Å². The Balaban J connectivity index is 1.90. The van der Waals surface area contributed by atoms with E-state index in [-0.39, 0.29) is 5.69 Å². The van der Waals surface area contributed by atoms with Crippen LogP contribution in [-0.4, -0.2) is 16.8 Å². The minimum absolute atomic E-state index is 0.112. The van der Waals surface area contributed by atoms with Crippen LogP contribution in [0.2, 0.25) is 0 Å². The van der Waals surface area contributed by atoms with Gasteiger partial charge in [0.2, 0.25) is 5.91 Å². The molecule has 6 heteroatoms. The van der Waals surface area contributed by atoms with Gasteiger partial charge in [-0.15, -0.1) is 0 Å². The lowest BCUT2D eigenvalue weighted by Crippen LogP contribution is -2.18. The Morgan fingerprint density at radius 3 is 2.68 bits per heavy atom. The molecule has 1 aliphatic carbocycles. The molecular weight excluding hydrogens is 293 g/mol. The lowest BCUT2D eigenvalue weighted by Gasteiger charge is -2.11. The van der Waals surface area contributed by atoms with Crippen LogP contribution in [0.15, 0.2) is 36.5 Å². The first kappa shape index (κ1) is 14.6. The Hall–Kier alpha value is -2.37. The van der Waals surface area contributed by atoms with Gasteiger partial charge in [0.25, 0.3) is 5.92 Å². The van der Waals surface area contributed by atoms with Crippen molar-refractivity contribution in [2.75, 3.05) is 5.32 Å². The first-order chi connectivity index (χ1) is 10.4. The summed E-state index contributed by atoms with van der Waals surface area (Å²) in [6, 6.07) is 7.96. The maximum absolute atomic E-state index is 14.0. The number of amides is 1. The van der Waals surface area contributed by atoms with Crippen molar-refractivity contribution in [1.82, 2.24) is 4.98 Å². The number of alkyl halides is 2. The SMILES string of the molecule is Cc1cc(F)c(NC(=O)C2CC2(F)F)cc1-c1ccccn1. The molecule has 22 heavy (non-hydrogen) atoms. The first-order valence-electron chi connectivity index (χ1n) is 6.79. The maximum Gasteiger partial charge on any atom is 0.260 e. The van der Waals surface area contributed by atoms with Crippen molar-refractivity contribution < 1.29 is 18.0 Å². The molecule has 1 fully saturated rings. The van der Waals surface area contributed by atoms with Crippen LogP contribution in [0.25, 0.3) is 11.3 Å². The van der Waals surface area contributed by atoms with Gasteiger partial charge in [-0.2, -0.15) is 0 Å². The zero-order valence-electron chi connectivity index (χ0n) is 11.7. The molecule has 1 saturated carbocycles. The summed E-state index contributed by atoms with van der Waals surface area (Å²) in [5.41, 5.74) is 1.79. The predicted molar refractivity (Wildman–Crippen MR) is 76.1 cm³/mol. The predicted octanol–water partition coefficient (Wildman–Crippen LogP) is 3.79. The van der Waals surface area contributed by atoms with Crippen LogP contribution < -0.4 is 5.32 Å². The van der Waals surface area contributed by atoms with Crippen molar-refractivity contribution in [3.63, 3.8) is 0 Å². The molecule has 1 aromatic carbocycles. The van der Waals surface area contributed by atoms with E-state index in [2.05, 4.69) is 10.3 Å². The molecule has 1 N–H and O–H groups in total. The number of hydrogen-bond donors (Lipinski definition) is 1. The fourth-order valence-corrected chi connectivity index (χ4v) is 2.28. The quantitative estimate of drug-likeness (QED) is 0.937. The average Bonchev–Trinajstić information content (AvgIpc) is 3.12. The van der Waals surface area contributed by atoms with Crippen molar-refractivity contribution in [3.05, 3.63) is 47.9 Å². The monoisotopic (exact) mass is 306 g/mol. The third kappa shape index (κ3) is 2.68.